The number of terminal acetylenes is 1. The highest BCUT2D eigenvalue weighted by molar-refractivity contribution is 6.09. The summed E-state index contributed by atoms with van der Waals surface area (Å²) in [5.74, 6) is 1.89. The van der Waals surface area contributed by atoms with Crippen LogP contribution >= 0.6 is 0 Å². The highest BCUT2D eigenvalue weighted by Gasteiger charge is 2.44. The summed E-state index contributed by atoms with van der Waals surface area (Å²) in [6.07, 6.45) is 5.64. The van der Waals surface area contributed by atoms with Crippen LogP contribution < -0.4 is 10.6 Å². The van der Waals surface area contributed by atoms with Crippen molar-refractivity contribution in [3.8, 4) is 12.3 Å². The van der Waals surface area contributed by atoms with Crippen molar-refractivity contribution in [1.82, 2.24) is 10.6 Å². The number of urea groups is 1. The maximum absolute atomic E-state index is 11.6. The van der Waals surface area contributed by atoms with E-state index in [-0.39, 0.29) is 0 Å². The summed E-state index contributed by atoms with van der Waals surface area (Å²) in [5, 5.41) is 4.63. The normalized spacial score (nSPS) is 23.4. The van der Waals surface area contributed by atoms with E-state index >= 15 is 0 Å². The highest BCUT2D eigenvalue weighted by Crippen LogP contribution is 2.16. The minimum atomic E-state index is -1.25. The minimum Gasteiger partial charge on any atom is -0.313 e. The lowest BCUT2D eigenvalue weighted by atomic mass is 9.92. The largest absolute Gasteiger partial charge is 0.323 e. The van der Waals surface area contributed by atoms with Gasteiger partial charge in [-0.1, -0.05) is 36.3 Å². The van der Waals surface area contributed by atoms with Crippen molar-refractivity contribution >= 4 is 11.9 Å². The number of amides is 3. The van der Waals surface area contributed by atoms with Gasteiger partial charge in [-0.3, -0.25) is 10.1 Å². The van der Waals surface area contributed by atoms with Crippen LogP contribution in [0.3, 0.4) is 0 Å². The van der Waals surface area contributed by atoms with Crippen molar-refractivity contribution in [2.24, 2.45) is 0 Å². The molecule has 1 atom stereocenters. The van der Waals surface area contributed by atoms with Gasteiger partial charge in [0.1, 0.15) is 0 Å². The zero-order valence-electron chi connectivity index (χ0n) is 8.49. The van der Waals surface area contributed by atoms with Crippen LogP contribution in [0.1, 0.15) is 5.56 Å². The first-order valence-electron chi connectivity index (χ1n) is 4.81. The van der Waals surface area contributed by atoms with Crippen molar-refractivity contribution in [3.63, 3.8) is 0 Å². The molecule has 2 N–H and O–H groups in total. The Hall–Kier alpha value is -2.28. The van der Waals surface area contributed by atoms with Gasteiger partial charge in [-0.2, -0.15) is 0 Å². The van der Waals surface area contributed by atoms with Crippen molar-refractivity contribution in [2.75, 3.05) is 0 Å². The molecular weight excluding hydrogens is 204 g/mol. The number of benzene rings is 1. The number of rotatable bonds is 2. The van der Waals surface area contributed by atoms with Gasteiger partial charge >= 0.3 is 6.03 Å². The van der Waals surface area contributed by atoms with E-state index in [1.165, 1.54) is 0 Å². The first kappa shape index (κ1) is 10.2. The van der Waals surface area contributed by atoms with Crippen molar-refractivity contribution < 1.29 is 9.59 Å². The van der Waals surface area contributed by atoms with E-state index in [1.54, 1.807) is 0 Å². The molecule has 1 aliphatic rings. The van der Waals surface area contributed by atoms with Crippen LogP contribution in [-0.4, -0.2) is 17.5 Å². The maximum Gasteiger partial charge on any atom is 0.323 e. The van der Waals surface area contributed by atoms with Gasteiger partial charge in [0.25, 0.3) is 5.91 Å². The molecule has 1 saturated heterocycles. The maximum atomic E-state index is 11.6. The van der Waals surface area contributed by atoms with Crippen LogP contribution in [0.25, 0.3) is 0 Å². The molecule has 0 radical (unpaired) electrons. The third-order valence-electron chi connectivity index (χ3n) is 2.50. The summed E-state index contributed by atoms with van der Waals surface area (Å²) in [5.41, 5.74) is -0.351. The lowest BCUT2D eigenvalue weighted by molar-refractivity contribution is -0.122. The molecule has 1 fully saturated rings. The molecule has 0 spiro atoms. The average Bonchev–Trinajstić information content (AvgIpc) is 2.56. The Morgan fingerprint density at radius 2 is 1.94 bits per heavy atom. The van der Waals surface area contributed by atoms with Crippen LogP contribution in [0.5, 0.6) is 0 Å². The van der Waals surface area contributed by atoms with Crippen LogP contribution in [0.2, 0.25) is 0 Å². The van der Waals surface area contributed by atoms with Crippen molar-refractivity contribution in [2.45, 2.75) is 12.0 Å². The molecule has 4 heteroatoms. The number of imide groups is 1. The van der Waals surface area contributed by atoms with Gasteiger partial charge in [-0.05, 0) is 5.56 Å². The Morgan fingerprint density at radius 3 is 2.44 bits per heavy atom. The summed E-state index contributed by atoms with van der Waals surface area (Å²) in [7, 11) is 0. The molecule has 16 heavy (non-hydrogen) atoms. The molecule has 0 aromatic heterocycles. The zero-order chi connectivity index (χ0) is 11.6. The molecule has 1 aromatic carbocycles. The van der Waals surface area contributed by atoms with Crippen LogP contribution in [0.4, 0.5) is 4.79 Å². The molecule has 1 heterocycles. The van der Waals surface area contributed by atoms with E-state index in [0.29, 0.717) is 6.42 Å². The summed E-state index contributed by atoms with van der Waals surface area (Å²) in [6, 6.07) is 8.76. The molecule has 0 saturated carbocycles. The van der Waals surface area contributed by atoms with E-state index in [0.717, 1.165) is 5.56 Å². The fourth-order valence-electron chi connectivity index (χ4n) is 1.67. The van der Waals surface area contributed by atoms with Gasteiger partial charge in [-0.25, -0.2) is 4.79 Å². The van der Waals surface area contributed by atoms with E-state index in [4.69, 9.17) is 6.42 Å². The minimum absolute atomic E-state index is 0.294. The number of nitrogens with one attached hydrogen (secondary N) is 2. The Labute approximate surface area is 93.0 Å². The van der Waals surface area contributed by atoms with Crippen molar-refractivity contribution in [1.29, 1.82) is 0 Å². The molecule has 1 aromatic rings. The second-order valence-corrected chi connectivity index (χ2v) is 3.62. The molecule has 0 bridgehead atoms. The molecule has 2 rings (SSSR count). The number of carbonyl (C=O) groups excluding carboxylic acids is 2. The molecule has 80 valence electrons. The second kappa shape index (κ2) is 3.70. The monoisotopic (exact) mass is 214 g/mol. The fraction of sp³-hybridized carbons (Fsp3) is 0.167. The molecule has 1 unspecified atom stereocenters. The Morgan fingerprint density at radius 1 is 1.25 bits per heavy atom. The number of hydrogen-bond donors (Lipinski definition) is 2. The molecule has 1 aliphatic heterocycles. The predicted octanol–water partition coefficient (Wildman–Crippen LogP) is 0.441. The van der Waals surface area contributed by atoms with Crippen LogP contribution in [0.15, 0.2) is 30.3 Å². The first-order valence-corrected chi connectivity index (χ1v) is 4.81. The lowest BCUT2D eigenvalue weighted by Gasteiger charge is -2.19. The zero-order valence-corrected chi connectivity index (χ0v) is 8.49. The fourth-order valence-corrected chi connectivity index (χ4v) is 1.67. The lowest BCUT2D eigenvalue weighted by Crippen LogP contribution is -2.47. The Bertz CT molecular complexity index is 476. The van der Waals surface area contributed by atoms with E-state index in [1.807, 2.05) is 30.3 Å². The molecule has 3 amide bonds. The summed E-state index contributed by atoms with van der Waals surface area (Å²) in [6.45, 7) is 0. The van der Waals surface area contributed by atoms with E-state index in [2.05, 4.69) is 16.6 Å². The molecule has 0 aliphatic carbocycles. The van der Waals surface area contributed by atoms with E-state index < -0.39 is 17.5 Å². The van der Waals surface area contributed by atoms with Gasteiger partial charge in [0.05, 0.1) is 0 Å². The van der Waals surface area contributed by atoms with Gasteiger partial charge < -0.3 is 5.32 Å². The first-order chi connectivity index (χ1) is 7.66. The summed E-state index contributed by atoms with van der Waals surface area (Å²) in [4.78, 5) is 22.7. The van der Waals surface area contributed by atoms with Gasteiger partial charge in [-0.15, -0.1) is 6.42 Å². The van der Waals surface area contributed by atoms with Gasteiger partial charge in [0, 0.05) is 6.42 Å². The average molecular weight is 214 g/mol. The summed E-state index contributed by atoms with van der Waals surface area (Å²) < 4.78 is 0. The van der Waals surface area contributed by atoms with Crippen molar-refractivity contribution in [3.05, 3.63) is 35.9 Å². The summed E-state index contributed by atoms with van der Waals surface area (Å²) >= 11 is 0. The highest BCUT2D eigenvalue weighted by atomic mass is 16.2. The molecule has 4 nitrogen and oxygen atoms in total. The third kappa shape index (κ3) is 1.63. The van der Waals surface area contributed by atoms with Gasteiger partial charge in [0.15, 0.2) is 5.54 Å². The van der Waals surface area contributed by atoms with E-state index in [9.17, 15) is 9.59 Å². The number of hydrogen-bond acceptors (Lipinski definition) is 2. The second-order valence-electron chi connectivity index (χ2n) is 3.62. The molecular formula is C12H10N2O2. The standard InChI is InChI=1S/C12H10N2O2/c1-2-12(10(15)13-11(16)14-12)8-9-6-4-3-5-7-9/h1,3-7H,8H2,(H2,13,14,15,16). The Balaban J connectivity index is 2.28. The van der Waals surface area contributed by atoms with Gasteiger partial charge in [0.2, 0.25) is 0 Å². The third-order valence-corrected chi connectivity index (χ3v) is 2.50. The topological polar surface area (TPSA) is 58.2 Å². The predicted molar refractivity (Wildman–Crippen MR) is 58.4 cm³/mol. The Kier molecular flexibility index (Phi) is 2.37. The van der Waals surface area contributed by atoms with Crippen LogP contribution in [0, 0.1) is 12.3 Å². The van der Waals surface area contributed by atoms with Crippen LogP contribution in [-0.2, 0) is 11.2 Å². The smallest absolute Gasteiger partial charge is 0.313 e. The number of carbonyl (C=O) groups is 2. The quantitative estimate of drug-likeness (QED) is 0.554. The SMILES string of the molecule is C#CC1(Cc2ccccc2)NC(=O)NC1=O.